The second kappa shape index (κ2) is 7.11. The third kappa shape index (κ3) is 3.47. The van der Waals surface area contributed by atoms with Crippen LogP contribution in [0.2, 0.25) is 0 Å². The summed E-state index contributed by atoms with van der Waals surface area (Å²) in [6.45, 7) is 0. The standard InChI is InChI=1S/C15H12N2O3S.ClH/c1-19-11-6-4-10(5-7-11)12-9-21-15(16-12)17-14(18)13-3-2-8-20-13;/h2-9H,1H3,(H,16,17,18);1H/p-1. The zero-order chi connectivity index (χ0) is 14.7. The minimum absolute atomic E-state index is 0. The van der Waals surface area contributed by atoms with Crippen molar-refractivity contribution in [1.29, 1.82) is 0 Å². The molecule has 0 radical (unpaired) electrons. The first-order chi connectivity index (χ1) is 10.3. The van der Waals surface area contributed by atoms with Crippen molar-refractivity contribution in [3.63, 3.8) is 0 Å². The van der Waals surface area contributed by atoms with Crippen molar-refractivity contribution in [3.05, 3.63) is 53.8 Å². The highest BCUT2D eigenvalue weighted by molar-refractivity contribution is 7.14. The molecule has 0 fully saturated rings. The Hall–Kier alpha value is -2.31. The van der Waals surface area contributed by atoms with Crippen molar-refractivity contribution in [1.82, 2.24) is 4.98 Å². The highest BCUT2D eigenvalue weighted by atomic mass is 35.5. The Bertz CT molecular complexity index is 739. The largest absolute Gasteiger partial charge is 1.00 e. The van der Waals surface area contributed by atoms with Crippen LogP contribution in [0, 0.1) is 0 Å². The van der Waals surface area contributed by atoms with E-state index in [1.165, 1.54) is 17.6 Å². The zero-order valence-corrected chi connectivity index (χ0v) is 13.1. The van der Waals surface area contributed by atoms with Gasteiger partial charge < -0.3 is 21.6 Å². The highest BCUT2D eigenvalue weighted by Gasteiger charge is 2.11. The molecule has 0 spiro atoms. The number of hydrogen-bond acceptors (Lipinski definition) is 5. The third-order valence-corrected chi connectivity index (χ3v) is 3.61. The summed E-state index contributed by atoms with van der Waals surface area (Å²) in [4.78, 5) is 16.2. The maximum atomic E-state index is 11.8. The first-order valence-electron chi connectivity index (χ1n) is 6.21. The number of amides is 1. The number of carbonyl (C=O) groups is 1. The molecular formula is C15H12ClN2O3S-. The number of halogens is 1. The molecule has 5 nitrogen and oxygen atoms in total. The Labute approximate surface area is 137 Å². The molecule has 0 atom stereocenters. The van der Waals surface area contributed by atoms with Crippen molar-refractivity contribution in [2.24, 2.45) is 0 Å². The van der Waals surface area contributed by atoms with Gasteiger partial charge in [-0.1, -0.05) is 0 Å². The summed E-state index contributed by atoms with van der Waals surface area (Å²) < 4.78 is 10.2. The molecule has 0 saturated carbocycles. The molecule has 1 aromatic carbocycles. The van der Waals surface area contributed by atoms with Gasteiger partial charge in [0, 0.05) is 10.9 Å². The van der Waals surface area contributed by atoms with Gasteiger partial charge in [-0.2, -0.15) is 0 Å². The van der Waals surface area contributed by atoms with E-state index in [1.54, 1.807) is 19.2 Å². The quantitative estimate of drug-likeness (QED) is 0.761. The van der Waals surface area contributed by atoms with Crippen molar-refractivity contribution < 1.29 is 26.4 Å². The number of anilines is 1. The molecule has 0 aliphatic heterocycles. The summed E-state index contributed by atoms with van der Waals surface area (Å²) in [6, 6.07) is 10.9. The number of nitrogens with one attached hydrogen (secondary N) is 1. The molecule has 0 bridgehead atoms. The Kier molecular flexibility index (Phi) is 5.19. The van der Waals surface area contributed by atoms with Gasteiger partial charge in [0.15, 0.2) is 10.9 Å². The van der Waals surface area contributed by atoms with Gasteiger partial charge in [0.1, 0.15) is 5.75 Å². The van der Waals surface area contributed by atoms with Gasteiger partial charge in [-0.25, -0.2) is 4.98 Å². The summed E-state index contributed by atoms with van der Waals surface area (Å²) in [6.07, 6.45) is 1.46. The van der Waals surface area contributed by atoms with Crippen LogP contribution in [0.15, 0.2) is 52.5 Å². The lowest BCUT2D eigenvalue weighted by Crippen LogP contribution is -3.00. The first kappa shape index (κ1) is 16.1. The predicted molar refractivity (Wildman–Crippen MR) is 80.8 cm³/mol. The number of methoxy groups -OCH3 is 1. The molecule has 114 valence electrons. The minimum Gasteiger partial charge on any atom is -1.00 e. The maximum absolute atomic E-state index is 11.8. The highest BCUT2D eigenvalue weighted by Crippen LogP contribution is 2.26. The lowest BCUT2D eigenvalue weighted by atomic mass is 10.2. The monoisotopic (exact) mass is 335 g/mol. The van der Waals surface area contributed by atoms with E-state index in [4.69, 9.17) is 9.15 Å². The Morgan fingerprint density at radius 1 is 1.27 bits per heavy atom. The van der Waals surface area contributed by atoms with Gasteiger partial charge in [-0.3, -0.25) is 10.1 Å². The van der Waals surface area contributed by atoms with Crippen LogP contribution in [0.5, 0.6) is 5.75 Å². The Balaban J connectivity index is 0.00000176. The normalized spacial score (nSPS) is 9.86. The molecule has 7 heteroatoms. The van der Waals surface area contributed by atoms with Crippen LogP contribution in [-0.4, -0.2) is 18.0 Å². The molecule has 3 aromatic rings. The molecular weight excluding hydrogens is 324 g/mol. The van der Waals surface area contributed by atoms with Gasteiger partial charge in [0.2, 0.25) is 0 Å². The van der Waals surface area contributed by atoms with Crippen LogP contribution in [0.25, 0.3) is 11.3 Å². The molecule has 3 rings (SSSR count). The summed E-state index contributed by atoms with van der Waals surface area (Å²) in [7, 11) is 1.63. The fraction of sp³-hybridized carbons (Fsp3) is 0.0667. The molecule has 1 amide bonds. The summed E-state index contributed by atoms with van der Waals surface area (Å²) >= 11 is 1.36. The van der Waals surface area contributed by atoms with Gasteiger partial charge in [0.05, 0.1) is 19.1 Å². The second-order valence-corrected chi connectivity index (χ2v) is 5.06. The van der Waals surface area contributed by atoms with Gasteiger partial charge >= 0.3 is 0 Å². The van der Waals surface area contributed by atoms with E-state index < -0.39 is 0 Å². The Morgan fingerprint density at radius 2 is 2.05 bits per heavy atom. The molecule has 0 aliphatic rings. The van der Waals surface area contributed by atoms with E-state index >= 15 is 0 Å². The summed E-state index contributed by atoms with van der Waals surface area (Å²) in [5, 5.41) is 5.13. The Morgan fingerprint density at radius 3 is 2.68 bits per heavy atom. The summed E-state index contributed by atoms with van der Waals surface area (Å²) in [5.74, 6) is 0.743. The van der Waals surface area contributed by atoms with Crippen molar-refractivity contribution in [3.8, 4) is 17.0 Å². The molecule has 0 aliphatic carbocycles. The predicted octanol–water partition coefficient (Wildman–Crippen LogP) is 0.668. The van der Waals surface area contributed by atoms with Crippen molar-refractivity contribution in [2.75, 3.05) is 12.4 Å². The average molecular weight is 336 g/mol. The molecule has 1 N–H and O–H groups in total. The van der Waals surface area contributed by atoms with E-state index in [0.717, 1.165) is 17.0 Å². The van der Waals surface area contributed by atoms with Crippen LogP contribution in [0.3, 0.4) is 0 Å². The number of ether oxygens (including phenoxy) is 1. The van der Waals surface area contributed by atoms with Gasteiger partial charge in [-0.05, 0) is 36.4 Å². The van der Waals surface area contributed by atoms with Crippen LogP contribution >= 0.6 is 11.3 Å². The zero-order valence-electron chi connectivity index (χ0n) is 11.6. The lowest BCUT2D eigenvalue weighted by Gasteiger charge is -2.00. The molecule has 2 aromatic heterocycles. The maximum Gasteiger partial charge on any atom is 0.293 e. The molecule has 0 saturated heterocycles. The third-order valence-electron chi connectivity index (χ3n) is 2.86. The number of rotatable bonds is 4. The van der Waals surface area contributed by atoms with Crippen LogP contribution < -0.4 is 22.5 Å². The molecule has 22 heavy (non-hydrogen) atoms. The smallest absolute Gasteiger partial charge is 0.293 e. The first-order valence-corrected chi connectivity index (χ1v) is 7.09. The van der Waals surface area contributed by atoms with Gasteiger partial charge in [0.25, 0.3) is 5.91 Å². The fourth-order valence-electron chi connectivity index (χ4n) is 1.79. The SMILES string of the molecule is COc1ccc(-c2csc(NC(=O)c3ccco3)n2)cc1.[Cl-]. The second-order valence-electron chi connectivity index (χ2n) is 4.20. The number of thiazole rings is 1. The van der Waals surface area contributed by atoms with E-state index in [-0.39, 0.29) is 24.1 Å². The van der Waals surface area contributed by atoms with Crippen molar-refractivity contribution >= 4 is 22.4 Å². The summed E-state index contributed by atoms with van der Waals surface area (Å²) in [5.41, 5.74) is 1.77. The van der Waals surface area contributed by atoms with E-state index in [0.29, 0.717) is 5.13 Å². The minimum atomic E-state index is -0.310. The topological polar surface area (TPSA) is 64.4 Å². The number of benzene rings is 1. The van der Waals surface area contributed by atoms with E-state index in [9.17, 15) is 4.79 Å². The van der Waals surface area contributed by atoms with Crippen LogP contribution in [0.1, 0.15) is 10.6 Å². The lowest BCUT2D eigenvalue weighted by molar-refractivity contribution is -0.0000122. The fourth-order valence-corrected chi connectivity index (χ4v) is 2.51. The van der Waals surface area contributed by atoms with Crippen molar-refractivity contribution in [2.45, 2.75) is 0 Å². The number of furan rings is 1. The number of hydrogen-bond donors (Lipinski definition) is 1. The van der Waals surface area contributed by atoms with Crippen LogP contribution in [0.4, 0.5) is 5.13 Å². The van der Waals surface area contributed by atoms with Crippen LogP contribution in [-0.2, 0) is 0 Å². The number of nitrogens with zero attached hydrogens (tertiary/aromatic N) is 1. The van der Waals surface area contributed by atoms with Gasteiger partial charge in [-0.15, -0.1) is 11.3 Å². The number of carbonyl (C=O) groups excluding carboxylic acids is 1. The van der Waals surface area contributed by atoms with E-state index in [2.05, 4.69) is 10.3 Å². The average Bonchev–Trinajstić information content (AvgIpc) is 3.19. The molecule has 0 unspecified atom stereocenters. The number of aromatic nitrogens is 1. The van der Waals surface area contributed by atoms with E-state index in [1.807, 2.05) is 29.6 Å². The molecule has 2 heterocycles.